The minimum atomic E-state index is -1.26. The molecule has 2 aliphatic heterocycles. The molecule has 4 rings (SSSR count). The molecular weight excluding hydrogens is 518 g/mol. The molecule has 2 aromatic carbocycles. The first kappa shape index (κ1) is 30.0. The van der Waals surface area contributed by atoms with E-state index >= 15 is 0 Å². The van der Waals surface area contributed by atoms with Gasteiger partial charge >= 0.3 is 11.9 Å². The maximum atomic E-state index is 9.55. The number of hydrogen-bond acceptors (Lipinski definition) is 8. The average Bonchev–Trinajstić information content (AvgIpc) is 2.96. The Morgan fingerprint density at radius 2 is 1.67 bits per heavy atom. The van der Waals surface area contributed by atoms with Gasteiger partial charge in [-0.25, -0.2) is 14.6 Å². The fraction of sp³-hybridized carbons (Fsp3) is 0.414. The van der Waals surface area contributed by atoms with Crippen LogP contribution in [-0.4, -0.2) is 83.6 Å². The molecule has 0 saturated carbocycles. The van der Waals surface area contributed by atoms with Crippen LogP contribution in [0, 0.1) is 0 Å². The highest BCUT2D eigenvalue weighted by atomic mass is 32.2. The zero-order chi connectivity index (χ0) is 28.0. The Hall–Kier alpha value is -3.50. The number of methoxy groups -OCH3 is 1. The fourth-order valence-electron chi connectivity index (χ4n) is 4.39. The van der Waals surface area contributed by atoms with Crippen molar-refractivity contribution in [1.29, 1.82) is 0 Å². The lowest BCUT2D eigenvalue weighted by Gasteiger charge is -2.38. The van der Waals surface area contributed by atoms with E-state index in [2.05, 4.69) is 41.1 Å². The minimum Gasteiger partial charge on any atom is -0.493 e. The Morgan fingerprint density at radius 3 is 2.33 bits per heavy atom. The molecule has 2 aromatic rings. The van der Waals surface area contributed by atoms with E-state index in [-0.39, 0.29) is 0 Å². The van der Waals surface area contributed by atoms with E-state index in [1.807, 2.05) is 36.0 Å². The molecular formula is C29H37N3O6S. The van der Waals surface area contributed by atoms with E-state index in [1.54, 1.807) is 7.11 Å². The van der Waals surface area contributed by atoms with Gasteiger partial charge in [-0.15, -0.1) is 0 Å². The summed E-state index contributed by atoms with van der Waals surface area (Å²) < 4.78 is 11.2. The summed E-state index contributed by atoms with van der Waals surface area (Å²) in [6, 6.07) is 16.9. The number of likely N-dealkylation sites (tertiary alicyclic amines) is 1. The third-order valence-corrected chi connectivity index (χ3v) is 7.63. The lowest BCUT2D eigenvalue weighted by Crippen LogP contribution is -2.45. The number of hydrogen-bond donors (Lipinski definition) is 2. The van der Waals surface area contributed by atoms with Gasteiger partial charge in [-0.05, 0) is 56.0 Å². The van der Waals surface area contributed by atoms with Crippen LogP contribution < -0.4 is 9.47 Å². The lowest BCUT2D eigenvalue weighted by molar-refractivity contribution is -0.134. The van der Waals surface area contributed by atoms with Crippen molar-refractivity contribution in [2.75, 3.05) is 40.4 Å². The second-order valence-electron chi connectivity index (χ2n) is 9.21. The minimum absolute atomic E-state index is 0.558. The van der Waals surface area contributed by atoms with Crippen molar-refractivity contribution >= 4 is 34.6 Å². The lowest BCUT2D eigenvalue weighted by atomic mass is 10.0. The van der Waals surface area contributed by atoms with Gasteiger partial charge in [0.05, 0.1) is 19.4 Å². The second kappa shape index (κ2) is 15.8. The SMILES string of the molecule is COc1ccccc1OCCCCN1CCC(N(C)C2=Nc3ccccc3CS2)CC1.O=C(O)/C=C/C(=O)O. The molecule has 0 aromatic heterocycles. The summed E-state index contributed by atoms with van der Waals surface area (Å²) in [4.78, 5) is 29.0. The van der Waals surface area contributed by atoms with Crippen LogP contribution >= 0.6 is 11.8 Å². The maximum Gasteiger partial charge on any atom is 0.328 e. The Bertz CT molecular complexity index is 1130. The largest absolute Gasteiger partial charge is 0.493 e. The summed E-state index contributed by atoms with van der Waals surface area (Å²) in [6.07, 6.45) is 5.75. The summed E-state index contributed by atoms with van der Waals surface area (Å²) in [5.41, 5.74) is 2.48. The van der Waals surface area contributed by atoms with Crippen LogP contribution in [0.2, 0.25) is 0 Å². The van der Waals surface area contributed by atoms with E-state index in [0.29, 0.717) is 18.2 Å². The molecule has 2 aliphatic rings. The number of piperidine rings is 1. The number of unbranched alkanes of at least 4 members (excludes halogenated alkanes) is 1. The van der Waals surface area contributed by atoms with Crippen molar-refractivity contribution in [2.24, 2.45) is 4.99 Å². The van der Waals surface area contributed by atoms with Crippen LogP contribution in [0.5, 0.6) is 11.5 Å². The van der Waals surface area contributed by atoms with Gasteiger partial charge in [0.15, 0.2) is 16.7 Å². The first-order valence-corrected chi connectivity index (χ1v) is 14.0. The van der Waals surface area contributed by atoms with Gasteiger partial charge in [-0.3, -0.25) is 0 Å². The van der Waals surface area contributed by atoms with Crippen LogP contribution in [0.4, 0.5) is 5.69 Å². The topological polar surface area (TPSA) is 112 Å². The first-order chi connectivity index (χ1) is 18.9. The van der Waals surface area contributed by atoms with E-state index in [9.17, 15) is 9.59 Å². The number of carbonyl (C=O) groups is 2. The Morgan fingerprint density at radius 1 is 1.03 bits per heavy atom. The van der Waals surface area contributed by atoms with E-state index in [1.165, 1.54) is 23.6 Å². The van der Waals surface area contributed by atoms with Crippen molar-refractivity contribution in [1.82, 2.24) is 9.80 Å². The van der Waals surface area contributed by atoms with Crippen molar-refractivity contribution in [3.05, 3.63) is 66.2 Å². The number of carboxylic acid groups (broad SMARTS) is 2. The van der Waals surface area contributed by atoms with Gasteiger partial charge in [0, 0.05) is 44.1 Å². The van der Waals surface area contributed by atoms with Gasteiger partial charge < -0.3 is 29.5 Å². The Labute approximate surface area is 234 Å². The number of nitrogens with zero attached hydrogens (tertiary/aromatic N) is 3. The van der Waals surface area contributed by atoms with Crippen LogP contribution in [0.25, 0.3) is 0 Å². The normalized spacial score (nSPS) is 15.5. The predicted molar refractivity (Wildman–Crippen MR) is 154 cm³/mol. The number of thioether (sulfide) groups is 1. The van der Waals surface area contributed by atoms with Crippen LogP contribution in [0.1, 0.15) is 31.2 Å². The molecule has 1 fully saturated rings. The molecule has 0 amide bonds. The highest BCUT2D eigenvalue weighted by molar-refractivity contribution is 8.13. The van der Waals surface area contributed by atoms with Crippen molar-refractivity contribution in [3.8, 4) is 11.5 Å². The third kappa shape index (κ3) is 9.96. The molecule has 0 aliphatic carbocycles. The number of aliphatic carboxylic acids is 2. The number of para-hydroxylation sites is 3. The fourth-order valence-corrected chi connectivity index (χ4v) is 5.43. The van der Waals surface area contributed by atoms with Gasteiger partial charge in [-0.1, -0.05) is 42.1 Å². The summed E-state index contributed by atoms with van der Waals surface area (Å²) in [5, 5.41) is 16.8. The number of ether oxygens (including phenoxy) is 2. The van der Waals surface area contributed by atoms with Crippen LogP contribution in [0.15, 0.2) is 65.7 Å². The zero-order valence-electron chi connectivity index (χ0n) is 22.5. The number of rotatable bonds is 10. The number of aliphatic imine (C=N–C) groups is 1. The second-order valence-corrected chi connectivity index (χ2v) is 10.2. The van der Waals surface area contributed by atoms with E-state index in [0.717, 1.165) is 62.0 Å². The molecule has 2 N–H and O–H groups in total. The predicted octanol–water partition coefficient (Wildman–Crippen LogP) is 4.90. The smallest absolute Gasteiger partial charge is 0.328 e. The van der Waals surface area contributed by atoms with Crippen molar-refractivity contribution in [3.63, 3.8) is 0 Å². The number of amidine groups is 1. The molecule has 0 atom stereocenters. The number of carboxylic acids is 2. The highest BCUT2D eigenvalue weighted by Gasteiger charge is 2.26. The molecule has 2 heterocycles. The monoisotopic (exact) mass is 555 g/mol. The molecule has 10 heteroatoms. The highest BCUT2D eigenvalue weighted by Crippen LogP contribution is 2.33. The first-order valence-electron chi connectivity index (χ1n) is 13.0. The molecule has 9 nitrogen and oxygen atoms in total. The van der Waals surface area contributed by atoms with Gasteiger partial charge in [-0.2, -0.15) is 0 Å². The van der Waals surface area contributed by atoms with Crippen molar-refractivity contribution in [2.45, 2.75) is 37.5 Å². The molecule has 0 unspecified atom stereocenters. The van der Waals surface area contributed by atoms with Gasteiger partial charge in [0.1, 0.15) is 0 Å². The number of fused-ring (bicyclic) bond motifs is 1. The maximum absolute atomic E-state index is 9.55. The average molecular weight is 556 g/mol. The number of benzene rings is 2. The molecule has 210 valence electrons. The quantitative estimate of drug-likeness (QED) is 0.312. The Kier molecular flexibility index (Phi) is 12.2. The summed E-state index contributed by atoms with van der Waals surface area (Å²) >= 11 is 1.87. The van der Waals surface area contributed by atoms with Gasteiger partial charge in [0.2, 0.25) is 0 Å². The van der Waals surface area contributed by atoms with Crippen LogP contribution in [0.3, 0.4) is 0 Å². The Balaban J connectivity index is 0.000000459. The van der Waals surface area contributed by atoms with E-state index < -0.39 is 11.9 Å². The summed E-state index contributed by atoms with van der Waals surface area (Å²) in [5.74, 6) is 0.146. The molecule has 39 heavy (non-hydrogen) atoms. The van der Waals surface area contributed by atoms with Crippen LogP contribution in [-0.2, 0) is 15.3 Å². The standard InChI is InChI=1S/C25H33N3O2S.C4H4O4/c1-27(25-26-22-10-4-3-9-20(22)19-31-25)21-13-16-28(17-14-21)15-7-8-18-30-24-12-6-5-11-23(24)29-2;5-3(6)1-2-4(7)8/h3-6,9-12,21H,7-8,13-19H2,1-2H3;1-2H,(H,5,6)(H,7,8)/b;2-1+. The molecule has 0 radical (unpaired) electrons. The zero-order valence-corrected chi connectivity index (χ0v) is 23.3. The summed E-state index contributed by atoms with van der Waals surface area (Å²) in [6.45, 7) is 4.21. The van der Waals surface area contributed by atoms with Crippen molar-refractivity contribution < 1.29 is 29.3 Å². The summed E-state index contributed by atoms with van der Waals surface area (Å²) in [7, 11) is 3.90. The molecule has 0 bridgehead atoms. The van der Waals surface area contributed by atoms with E-state index in [4.69, 9.17) is 24.7 Å². The molecule has 1 saturated heterocycles. The molecule has 0 spiro atoms. The van der Waals surface area contributed by atoms with Gasteiger partial charge in [0.25, 0.3) is 0 Å². The third-order valence-electron chi connectivity index (χ3n) is 6.53.